The Bertz CT molecular complexity index is 325. The lowest BCUT2D eigenvalue weighted by atomic mass is 10.1. The van der Waals surface area contributed by atoms with Gasteiger partial charge in [-0.05, 0) is 37.1 Å². The van der Waals surface area contributed by atoms with Gasteiger partial charge < -0.3 is 0 Å². The zero-order valence-corrected chi connectivity index (χ0v) is 8.82. The molecule has 0 saturated carbocycles. The molecule has 0 heterocycles. The highest BCUT2D eigenvalue weighted by atomic mass is 32.2. The molecule has 1 aromatic rings. The Hall–Kier alpha value is -0.940. The molecular formula is C11H13NS. The first-order chi connectivity index (χ1) is 6.24. The summed E-state index contributed by atoms with van der Waals surface area (Å²) in [5, 5.41) is 8.38. The second-order valence-electron chi connectivity index (χ2n) is 3.00. The predicted molar refractivity (Wildman–Crippen MR) is 56.9 cm³/mol. The monoisotopic (exact) mass is 191 g/mol. The third-order valence-corrected chi connectivity index (χ3v) is 2.96. The Morgan fingerprint density at radius 3 is 2.69 bits per heavy atom. The highest BCUT2D eigenvalue weighted by Gasteiger charge is 1.96. The number of nitrogens with zero attached hydrogens (tertiary/aromatic N) is 1. The van der Waals surface area contributed by atoms with E-state index in [4.69, 9.17) is 5.26 Å². The number of aryl methyl sites for hydroxylation is 2. The Balaban J connectivity index is 2.59. The number of thioether (sulfide) groups is 1. The van der Waals surface area contributed by atoms with Crippen LogP contribution in [0.15, 0.2) is 23.1 Å². The largest absolute Gasteiger partial charge is 0.198 e. The predicted octanol–water partition coefficient (Wildman–Crippen LogP) is 3.31. The lowest BCUT2D eigenvalue weighted by Gasteiger charge is -2.03. The maximum atomic E-state index is 8.38. The van der Waals surface area contributed by atoms with Crippen LogP contribution in [0.5, 0.6) is 0 Å². The van der Waals surface area contributed by atoms with Crippen molar-refractivity contribution < 1.29 is 0 Å². The van der Waals surface area contributed by atoms with Crippen molar-refractivity contribution in [2.75, 3.05) is 5.75 Å². The van der Waals surface area contributed by atoms with Gasteiger partial charge in [-0.15, -0.1) is 11.8 Å². The summed E-state index contributed by atoms with van der Waals surface area (Å²) < 4.78 is 0. The molecule has 0 N–H and O–H groups in total. The first-order valence-corrected chi connectivity index (χ1v) is 5.29. The molecule has 0 amide bonds. The lowest BCUT2D eigenvalue weighted by molar-refractivity contribution is 1.22. The Morgan fingerprint density at radius 1 is 1.31 bits per heavy atom. The van der Waals surface area contributed by atoms with Crippen LogP contribution in [0.4, 0.5) is 0 Å². The molecule has 0 fully saturated rings. The van der Waals surface area contributed by atoms with Crippen LogP contribution >= 0.6 is 11.8 Å². The molecule has 0 aromatic heterocycles. The van der Waals surface area contributed by atoms with Crippen LogP contribution in [0.3, 0.4) is 0 Å². The van der Waals surface area contributed by atoms with Gasteiger partial charge in [0, 0.05) is 17.1 Å². The van der Waals surface area contributed by atoms with Crippen LogP contribution in [0.2, 0.25) is 0 Å². The fourth-order valence-corrected chi connectivity index (χ4v) is 1.87. The van der Waals surface area contributed by atoms with Gasteiger partial charge in [-0.1, -0.05) is 6.07 Å². The van der Waals surface area contributed by atoms with Crippen molar-refractivity contribution in [2.24, 2.45) is 0 Å². The molecule has 0 atom stereocenters. The molecule has 1 rings (SSSR count). The maximum absolute atomic E-state index is 8.38. The summed E-state index contributed by atoms with van der Waals surface area (Å²) in [5.74, 6) is 0.888. The van der Waals surface area contributed by atoms with E-state index in [0.717, 1.165) is 5.75 Å². The standard InChI is InChI=1S/C11H13NS/c1-9-4-5-11(8-10(9)2)13-7-3-6-12/h4-5,8H,3,7H2,1-2H3. The molecule has 0 saturated heterocycles. The summed E-state index contributed by atoms with van der Waals surface area (Å²) in [7, 11) is 0. The number of rotatable bonds is 3. The summed E-state index contributed by atoms with van der Waals surface area (Å²) in [5.41, 5.74) is 2.64. The molecule has 1 aromatic carbocycles. The van der Waals surface area contributed by atoms with Crippen molar-refractivity contribution in [2.45, 2.75) is 25.2 Å². The zero-order valence-electron chi connectivity index (χ0n) is 8.00. The number of hydrogen-bond acceptors (Lipinski definition) is 2. The molecular weight excluding hydrogens is 178 g/mol. The van der Waals surface area contributed by atoms with Gasteiger partial charge in [0.05, 0.1) is 6.07 Å². The molecule has 0 spiro atoms. The van der Waals surface area contributed by atoms with E-state index in [0.29, 0.717) is 6.42 Å². The number of hydrogen-bond donors (Lipinski definition) is 0. The third kappa shape index (κ3) is 3.12. The second-order valence-corrected chi connectivity index (χ2v) is 4.17. The number of nitriles is 1. The van der Waals surface area contributed by atoms with Gasteiger partial charge in [-0.25, -0.2) is 0 Å². The highest BCUT2D eigenvalue weighted by molar-refractivity contribution is 7.99. The molecule has 0 unspecified atom stereocenters. The smallest absolute Gasteiger partial charge is 0.0630 e. The van der Waals surface area contributed by atoms with Gasteiger partial charge in [0.25, 0.3) is 0 Å². The SMILES string of the molecule is Cc1ccc(SCCC#N)cc1C. The van der Waals surface area contributed by atoms with E-state index >= 15 is 0 Å². The van der Waals surface area contributed by atoms with Crippen molar-refractivity contribution >= 4 is 11.8 Å². The van der Waals surface area contributed by atoms with E-state index in [1.165, 1.54) is 16.0 Å². The minimum atomic E-state index is 0.623. The van der Waals surface area contributed by atoms with E-state index in [2.05, 4.69) is 38.1 Å². The van der Waals surface area contributed by atoms with E-state index in [1.807, 2.05) is 0 Å². The maximum Gasteiger partial charge on any atom is 0.0630 e. The molecule has 13 heavy (non-hydrogen) atoms. The molecule has 2 heteroatoms. The molecule has 0 aliphatic carbocycles. The van der Waals surface area contributed by atoms with Gasteiger partial charge in [0.1, 0.15) is 0 Å². The fourth-order valence-electron chi connectivity index (χ4n) is 1.02. The highest BCUT2D eigenvalue weighted by Crippen LogP contribution is 2.21. The minimum Gasteiger partial charge on any atom is -0.198 e. The van der Waals surface area contributed by atoms with E-state index in [-0.39, 0.29) is 0 Å². The van der Waals surface area contributed by atoms with Gasteiger partial charge >= 0.3 is 0 Å². The van der Waals surface area contributed by atoms with Crippen LogP contribution < -0.4 is 0 Å². The third-order valence-electron chi connectivity index (χ3n) is 1.96. The van der Waals surface area contributed by atoms with E-state index in [9.17, 15) is 0 Å². The van der Waals surface area contributed by atoms with Crippen molar-refractivity contribution in [3.05, 3.63) is 29.3 Å². The van der Waals surface area contributed by atoms with Crippen molar-refractivity contribution in [1.82, 2.24) is 0 Å². The minimum absolute atomic E-state index is 0.623. The van der Waals surface area contributed by atoms with Crippen molar-refractivity contribution in [3.8, 4) is 6.07 Å². The average molecular weight is 191 g/mol. The van der Waals surface area contributed by atoms with Crippen molar-refractivity contribution in [3.63, 3.8) is 0 Å². The van der Waals surface area contributed by atoms with Gasteiger partial charge in [0.15, 0.2) is 0 Å². The Labute approximate surface area is 83.8 Å². The quantitative estimate of drug-likeness (QED) is 0.540. The van der Waals surface area contributed by atoms with E-state index < -0.39 is 0 Å². The van der Waals surface area contributed by atoms with Gasteiger partial charge in [0.2, 0.25) is 0 Å². The van der Waals surface area contributed by atoms with Crippen LogP contribution in [0.1, 0.15) is 17.5 Å². The van der Waals surface area contributed by atoms with E-state index in [1.54, 1.807) is 11.8 Å². The summed E-state index contributed by atoms with van der Waals surface area (Å²) in [6.45, 7) is 4.22. The van der Waals surface area contributed by atoms with Gasteiger partial charge in [-0.3, -0.25) is 0 Å². The van der Waals surface area contributed by atoms with Crippen LogP contribution in [0.25, 0.3) is 0 Å². The van der Waals surface area contributed by atoms with Crippen molar-refractivity contribution in [1.29, 1.82) is 5.26 Å². The molecule has 0 bridgehead atoms. The Kier molecular flexibility index (Phi) is 3.85. The molecule has 0 radical (unpaired) electrons. The molecule has 0 aliphatic rings. The molecule has 1 nitrogen and oxygen atoms in total. The molecule has 0 aliphatic heterocycles. The Morgan fingerprint density at radius 2 is 2.08 bits per heavy atom. The average Bonchev–Trinajstić information content (AvgIpc) is 2.12. The summed E-state index contributed by atoms with van der Waals surface area (Å²) in [6, 6.07) is 8.57. The van der Waals surface area contributed by atoms with Gasteiger partial charge in [-0.2, -0.15) is 5.26 Å². The second kappa shape index (κ2) is 4.94. The summed E-state index contributed by atoms with van der Waals surface area (Å²) >= 11 is 1.75. The topological polar surface area (TPSA) is 23.8 Å². The lowest BCUT2D eigenvalue weighted by Crippen LogP contribution is -1.82. The normalized spacial score (nSPS) is 9.62. The fraction of sp³-hybridized carbons (Fsp3) is 0.364. The van der Waals surface area contributed by atoms with Crippen LogP contribution in [-0.4, -0.2) is 5.75 Å². The molecule has 68 valence electrons. The van der Waals surface area contributed by atoms with Crippen LogP contribution in [0, 0.1) is 25.2 Å². The first kappa shape index (κ1) is 10.1. The summed E-state index contributed by atoms with van der Waals surface area (Å²) in [6.07, 6.45) is 0.623. The number of benzene rings is 1. The first-order valence-electron chi connectivity index (χ1n) is 4.31. The summed E-state index contributed by atoms with van der Waals surface area (Å²) in [4.78, 5) is 1.26. The van der Waals surface area contributed by atoms with Crippen LogP contribution in [-0.2, 0) is 0 Å². The zero-order chi connectivity index (χ0) is 9.68.